The first kappa shape index (κ1) is 20.6. The van der Waals surface area contributed by atoms with Crippen molar-refractivity contribution in [2.24, 2.45) is 0 Å². The van der Waals surface area contributed by atoms with Gasteiger partial charge < -0.3 is 10.1 Å². The molecule has 4 rings (SSSR count). The lowest BCUT2D eigenvalue weighted by molar-refractivity contribution is 0.0946. The molecule has 1 aliphatic heterocycles. The van der Waals surface area contributed by atoms with E-state index >= 15 is 0 Å². The van der Waals surface area contributed by atoms with Crippen molar-refractivity contribution < 1.29 is 9.53 Å². The van der Waals surface area contributed by atoms with Crippen molar-refractivity contribution in [2.45, 2.75) is 39.5 Å². The first-order valence-corrected chi connectivity index (χ1v) is 11.3. The summed E-state index contributed by atoms with van der Waals surface area (Å²) in [5.74, 6) is 0.643. The SMILES string of the molecule is Cc1ccc(OCc2nc(C(=O)NCc3ccc(CN4CCCC4)cc3)cs2)cc1. The summed E-state index contributed by atoms with van der Waals surface area (Å²) >= 11 is 1.44. The highest BCUT2D eigenvalue weighted by Crippen LogP contribution is 2.17. The number of carbonyl (C=O) groups is 1. The molecule has 2 aromatic carbocycles. The van der Waals surface area contributed by atoms with Gasteiger partial charge in [0, 0.05) is 18.5 Å². The summed E-state index contributed by atoms with van der Waals surface area (Å²) in [5.41, 5.74) is 4.04. The second-order valence-corrected chi connectivity index (χ2v) is 8.65. The molecule has 1 N–H and O–H groups in total. The van der Waals surface area contributed by atoms with Crippen molar-refractivity contribution in [3.63, 3.8) is 0 Å². The molecule has 156 valence electrons. The Bertz CT molecular complexity index is 961. The van der Waals surface area contributed by atoms with E-state index < -0.39 is 0 Å². The number of thiazole rings is 1. The van der Waals surface area contributed by atoms with Crippen LogP contribution in [0, 0.1) is 6.92 Å². The van der Waals surface area contributed by atoms with E-state index in [4.69, 9.17) is 4.74 Å². The number of hydrogen-bond acceptors (Lipinski definition) is 5. The highest BCUT2D eigenvalue weighted by Gasteiger charge is 2.13. The Morgan fingerprint density at radius 3 is 2.50 bits per heavy atom. The maximum Gasteiger partial charge on any atom is 0.271 e. The van der Waals surface area contributed by atoms with E-state index in [1.165, 1.54) is 48.4 Å². The van der Waals surface area contributed by atoms with Crippen LogP contribution in [0.25, 0.3) is 0 Å². The van der Waals surface area contributed by atoms with Gasteiger partial charge in [0.05, 0.1) is 0 Å². The minimum atomic E-state index is -0.158. The zero-order valence-electron chi connectivity index (χ0n) is 17.3. The first-order chi connectivity index (χ1) is 14.7. The number of amides is 1. The summed E-state index contributed by atoms with van der Waals surface area (Å²) in [5, 5.41) is 5.52. The van der Waals surface area contributed by atoms with Gasteiger partial charge in [-0.3, -0.25) is 9.69 Å². The second kappa shape index (κ2) is 9.87. The van der Waals surface area contributed by atoms with Crippen LogP contribution in [0.15, 0.2) is 53.9 Å². The first-order valence-electron chi connectivity index (χ1n) is 10.4. The van der Waals surface area contributed by atoms with E-state index in [1.54, 1.807) is 5.38 Å². The van der Waals surface area contributed by atoms with Crippen molar-refractivity contribution >= 4 is 17.2 Å². The molecule has 3 aromatic rings. The summed E-state index contributed by atoms with van der Waals surface area (Å²) in [7, 11) is 0. The number of aryl methyl sites for hydroxylation is 1. The van der Waals surface area contributed by atoms with Crippen LogP contribution in [-0.4, -0.2) is 28.9 Å². The number of hydrogen-bond donors (Lipinski definition) is 1. The molecule has 0 radical (unpaired) electrons. The number of ether oxygens (including phenoxy) is 1. The van der Waals surface area contributed by atoms with Crippen molar-refractivity contribution in [3.8, 4) is 5.75 Å². The molecule has 1 aromatic heterocycles. The van der Waals surface area contributed by atoms with Gasteiger partial charge in [-0.2, -0.15) is 0 Å². The van der Waals surface area contributed by atoms with E-state index in [-0.39, 0.29) is 5.91 Å². The number of rotatable bonds is 8. The van der Waals surface area contributed by atoms with Crippen LogP contribution in [0.5, 0.6) is 5.75 Å². The average molecular weight is 422 g/mol. The molecular formula is C24H27N3O2S. The van der Waals surface area contributed by atoms with E-state index in [0.717, 1.165) is 22.9 Å². The van der Waals surface area contributed by atoms with Gasteiger partial charge in [0.2, 0.25) is 0 Å². The number of nitrogens with zero attached hydrogens (tertiary/aromatic N) is 2. The molecule has 1 saturated heterocycles. The molecule has 30 heavy (non-hydrogen) atoms. The Labute approximate surface area is 181 Å². The van der Waals surface area contributed by atoms with Crippen LogP contribution in [0.4, 0.5) is 0 Å². The van der Waals surface area contributed by atoms with E-state index in [9.17, 15) is 4.79 Å². The van der Waals surface area contributed by atoms with Gasteiger partial charge in [-0.15, -0.1) is 11.3 Å². The molecule has 5 nitrogen and oxygen atoms in total. The lowest BCUT2D eigenvalue weighted by atomic mass is 10.1. The summed E-state index contributed by atoms with van der Waals surface area (Å²) in [6.45, 7) is 6.30. The molecule has 1 fully saturated rings. The standard InChI is InChI=1S/C24H27N3O2S/c1-18-4-10-21(11-5-18)29-16-23-26-22(17-30-23)24(28)25-14-19-6-8-20(9-7-19)15-27-12-2-3-13-27/h4-11,17H,2-3,12-16H2,1H3,(H,25,28). The lowest BCUT2D eigenvalue weighted by Crippen LogP contribution is -2.23. The molecule has 6 heteroatoms. The topological polar surface area (TPSA) is 54.5 Å². The number of benzene rings is 2. The molecule has 0 bridgehead atoms. The Balaban J connectivity index is 1.24. The molecule has 0 atom stereocenters. The molecule has 1 amide bonds. The largest absolute Gasteiger partial charge is 0.486 e. The van der Waals surface area contributed by atoms with Crippen LogP contribution in [-0.2, 0) is 19.7 Å². The third kappa shape index (κ3) is 5.68. The van der Waals surface area contributed by atoms with Gasteiger partial charge in [-0.25, -0.2) is 4.98 Å². The van der Waals surface area contributed by atoms with Crippen LogP contribution in [0.1, 0.15) is 45.0 Å². The lowest BCUT2D eigenvalue weighted by Gasteiger charge is -2.14. The van der Waals surface area contributed by atoms with Crippen molar-refractivity contribution in [2.75, 3.05) is 13.1 Å². The highest BCUT2D eigenvalue weighted by atomic mass is 32.1. The van der Waals surface area contributed by atoms with Crippen LogP contribution >= 0.6 is 11.3 Å². The number of aromatic nitrogens is 1. The number of likely N-dealkylation sites (tertiary alicyclic amines) is 1. The van der Waals surface area contributed by atoms with Gasteiger partial charge in [0.25, 0.3) is 5.91 Å². The minimum Gasteiger partial charge on any atom is -0.486 e. The fourth-order valence-corrected chi connectivity index (χ4v) is 4.18. The molecule has 2 heterocycles. The molecular weight excluding hydrogens is 394 g/mol. The van der Waals surface area contributed by atoms with Crippen LogP contribution < -0.4 is 10.1 Å². The maximum absolute atomic E-state index is 12.4. The Hall–Kier alpha value is -2.70. The number of nitrogens with one attached hydrogen (secondary N) is 1. The predicted molar refractivity (Wildman–Crippen MR) is 120 cm³/mol. The molecule has 0 unspecified atom stereocenters. The third-order valence-electron chi connectivity index (χ3n) is 5.25. The quantitative estimate of drug-likeness (QED) is 0.579. The van der Waals surface area contributed by atoms with Crippen molar-refractivity contribution in [1.82, 2.24) is 15.2 Å². The van der Waals surface area contributed by atoms with Crippen LogP contribution in [0.3, 0.4) is 0 Å². The van der Waals surface area contributed by atoms with Gasteiger partial charge in [-0.05, 0) is 56.1 Å². The average Bonchev–Trinajstić information content (AvgIpc) is 3.45. The van der Waals surface area contributed by atoms with Crippen molar-refractivity contribution in [1.29, 1.82) is 0 Å². The fraction of sp³-hybridized carbons (Fsp3) is 0.333. The molecule has 1 aliphatic rings. The number of carbonyl (C=O) groups excluding carboxylic acids is 1. The van der Waals surface area contributed by atoms with Crippen LogP contribution in [0.2, 0.25) is 0 Å². The monoisotopic (exact) mass is 421 g/mol. The van der Waals surface area contributed by atoms with Gasteiger partial charge >= 0.3 is 0 Å². The Morgan fingerprint density at radius 1 is 1.07 bits per heavy atom. The zero-order chi connectivity index (χ0) is 20.8. The van der Waals surface area contributed by atoms with E-state index in [2.05, 4.69) is 39.5 Å². The highest BCUT2D eigenvalue weighted by molar-refractivity contribution is 7.09. The van der Waals surface area contributed by atoms with Gasteiger partial charge in [0.1, 0.15) is 23.1 Å². The summed E-state index contributed by atoms with van der Waals surface area (Å²) in [4.78, 5) is 19.3. The second-order valence-electron chi connectivity index (χ2n) is 7.71. The summed E-state index contributed by atoms with van der Waals surface area (Å²) in [6.07, 6.45) is 2.61. The predicted octanol–water partition coefficient (Wildman–Crippen LogP) is 4.56. The smallest absolute Gasteiger partial charge is 0.271 e. The minimum absolute atomic E-state index is 0.158. The summed E-state index contributed by atoms with van der Waals surface area (Å²) < 4.78 is 5.74. The maximum atomic E-state index is 12.4. The fourth-order valence-electron chi connectivity index (χ4n) is 3.50. The van der Waals surface area contributed by atoms with Crippen molar-refractivity contribution in [3.05, 3.63) is 81.3 Å². The third-order valence-corrected chi connectivity index (χ3v) is 6.07. The van der Waals surface area contributed by atoms with E-state index in [1.807, 2.05) is 31.2 Å². The van der Waals surface area contributed by atoms with E-state index in [0.29, 0.717) is 18.8 Å². The normalized spacial score (nSPS) is 14.0. The molecule has 0 saturated carbocycles. The van der Waals surface area contributed by atoms with Gasteiger partial charge in [0.15, 0.2) is 0 Å². The Kier molecular flexibility index (Phi) is 6.77. The summed E-state index contributed by atoms with van der Waals surface area (Å²) in [6, 6.07) is 16.4. The Morgan fingerprint density at radius 2 is 1.77 bits per heavy atom. The van der Waals surface area contributed by atoms with Gasteiger partial charge in [-0.1, -0.05) is 42.0 Å². The zero-order valence-corrected chi connectivity index (χ0v) is 18.1. The molecule has 0 aliphatic carbocycles. The molecule has 0 spiro atoms.